The zero-order valence-electron chi connectivity index (χ0n) is 23.1. The highest BCUT2D eigenvalue weighted by molar-refractivity contribution is 5.84. The molecule has 1 saturated heterocycles. The van der Waals surface area contributed by atoms with Gasteiger partial charge in [-0.15, -0.1) is 0 Å². The van der Waals surface area contributed by atoms with Crippen molar-refractivity contribution in [1.82, 2.24) is 20.5 Å². The first kappa shape index (κ1) is 28.5. The Hall–Kier alpha value is -3.55. The first-order valence-electron chi connectivity index (χ1n) is 13.8. The van der Waals surface area contributed by atoms with Crippen LogP contribution in [0.3, 0.4) is 0 Å². The number of nitrogens with one attached hydrogen (secondary N) is 2. The molecule has 7 heteroatoms. The van der Waals surface area contributed by atoms with Crippen molar-refractivity contribution >= 4 is 22.4 Å². The third kappa shape index (κ3) is 7.52. The predicted octanol–water partition coefficient (Wildman–Crippen LogP) is 6.03. The van der Waals surface area contributed by atoms with Gasteiger partial charge in [0.1, 0.15) is 11.9 Å². The van der Waals surface area contributed by atoms with Crippen LogP contribution >= 0.6 is 0 Å². The molecule has 1 aliphatic heterocycles. The van der Waals surface area contributed by atoms with E-state index >= 15 is 0 Å². The summed E-state index contributed by atoms with van der Waals surface area (Å²) >= 11 is 0. The van der Waals surface area contributed by atoms with Gasteiger partial charge in [-0.1, -0.05) is 67.6 Å². The molecule has 0 radical (unpaired) electrons. The second kappa shape index (κ2) is 14.0. The number of amides is 1. The Balaban J connectivity index is 1.30. The van der Waals surface area contributed by atoms with E-state index in [4.69, 9.17) is 4.74 Å². The molecule has 0 aliphatic carbocycles. The third-order valence-electron chi connectivity index (χ3n) is 7.16. The average Bonchev–Trinajstić information content (AvgIpc) is 3.33. The molecule has 1 fully saturated rings. The SMILES string of the molecule is CC/C(F)=C(\C/C=C\C(C)N1CC(CNC)OC1=O)c1ccc(CCNCc2cncc3ccccc23)cc1. The van der Waals surface area contributed by atoms with Crippen molar-refractivity contribution in [3.05, 3.63) is 95.6 Å². The minimum Gasteiger partial charge on any atom is -0.443 e. The Morgan fingerprint density at radius 2 is 2.00 bits per heavy atom. The van der Waals surface area contributed by atoms with E-state index in [1.54, 1.807) is 4.90 Å². The molecule has 39 heavy (non-hydrogen) atoms. The fraction of sp³-hybridized carbons (Fsp3) is 0.375. The van der Waals surface area contributed by atoms with Crippen LogP contribution < -0.4 is 10.6 Å². The van der Waals surface area contributed by atoms with E-state index in [9.17, 15) is 9.18 Å². The number of carbonyl (C=O) groups is 1. The van der Waals surface area contributed by atoms with Crippen molar-refractivity contribution < 1.29 is 13.9 Å². The van der Waals surface area contributed by atoms with E-state index in [1.807, 2.05) is 63.6 Å². The molecule has 1 aromatic heterocycles. The van der Waals surface area contributed by atoms with E-state index in [0.29, 0.717) is 31.5 Å². The summed E-state index contributed by atoms with van der Waals surface area (Å²) in [4.78, 5) is 18.3. The zero-order valence-corrected chi connectivity index (χ0v) is 23.1. The summed E-state index contributed by atoms with van der Waals surface area (Å²) in [5.74, 6) is -0.111. The number of allylic oxidation sites excluding steroid dienone is 3. The number of carbonyl (C=O) groups excluding carboxylic acids is 1. The quantitative estimate of drug-likeness (QED) is 0.209. The number of hydrogen-bond acceptors (Lipinski definition) is 5. The Bertz CT molecular complexity index is 1300. The van der Waals surface area contributed by atoms with Crippen molar-refractivity contribution in [2.75, 3.05) is 26.7 Å². The number of ether oxygens (including phenoxy) is 1. The average molecular weight is 531 g/mol. The number of rotatable bonds is 13. The molecule has 1 aliphatic rings. The highest BCUT2D eigenvalue weighted by atomic mass is 19.1. The van der Waals surface area contributed by atoms with E-state index in [-0.39, 0.29) is 24.1 Å². The van der Waals surface area contributed by atoms with Gasteiger partial charge in [0, 0.05) is 30.9 Å². The molecule has 4 rings (SSSR count). The first-order chi connectivity index (χ1) is 19.0. The van der Waals surface area contributed by atoms with Crippen molar-refractivity contribution in [1.29, 1.82) is 0 Å². The molecular weight excluding hydrogens is 491 g/mol. The van der Waals surface area contributed by atoms with Gasteiger partial charge in [0.25, 0.3) is 0 Å². The lowest BCUT2D eigenvalue weighted by Crippen LogP contribution is -2.34. The maximum Gasteiger partial charge on any atom is 0.410 e. The topological polar surface area (TPSA) is 66.5 Å². The van der Waals surface area contributed by atoms with Crippen LogP contribution in [-0.4, -0.2) is 54.8 Å². The second-order valence-corrected chi connectivity index (χ2v) is 9.97. The minimum atomic E-state index is -0.304. The lowest BCUT2D eigenvalue weighted by molar-refractivity contribution is 0.131. The number of aromatic nitrogens is 1. The van der Waals surface area contributed by atoms with Gasteiger partial charge in [-0.05, 0) is 67.4 Å². The van der Waals surface area contributed by atoms with Crippen LogP contribution in [0.25, 0.3) is 16.3 Å². The van der Waals surface area contributed by atoms with E-state index in [1.165, 1.54) is 16.5 Å². The molecule has 2 aromatic carbocycles. The molecule has 2 unspecified atom stereocenters. The fourth-order valence-electron chi connectivity index (χ4n) is 4.94. The first-order valence-corrected chi connectivity index (χ1v) is 13.8. The van der Waals surface area contributed by atoms with Crippen LogP contribution in [-0.2, 0) is 17.7 Å². The fourth-order valence-corrected chi connectivity index (χ4v) is 4.94. The van der Waals surface area contributed by atoms with E-state index in [2.05, 4.69) is 45.9 Å². The standard InChI is InChI=1S/C32H39FN4O2/c1-4-31(33)30(11-7-8-23(2)37-22-28(21-34-3)39-32(37)38)25-14-12-24(13-15-25)16-17-35-19-27-20-36-18-26-9-5-6-10-29(26)27/h5-10,12-15,18,20,23,28,34-35H,4,11,16-17,19,21-22H2,1-3H3/b8-7-,31-30-. The molecule has 2 N–H and O–H groups in total. The summed E-state index contributed by atoms with van der Waals surface area (Å²) in [6.07, 6.45) is 8.97. The van der Waals surface area contributed by atoms with Crippen LogP contribution in [0.5, 0.6) is 0 Å². The second-order valence-electron chi connectivity index (χ2n) is 9.97. The molecule has 0 bridgehead atoms. The van der Waals surface area contributed by atoms with Gasteiger partial charge in [0.05, 0.1) is 12.6 Å². The van der Waals surface area contributed by atoms with Gasteiger partial charge < -0.3 is 15.4 Å². The van der Waals surface area contributed by atoms with Crippen molar-refractivity contribution in [2.24, 2.45) is 0 Å². The molecule has 2 atom stereocenters. The summed E-state index contributed by atoms with van der Waals surface area (Å²) in [5.41, 5.74) is 3.97. The summed E-state index contributed by atoms with van der Waals surface area (Å²) in [7, 11) is 1.84. The van der Waals surface area contributed by atoms with Gasteiger partial charge >= 0.3 is 6.09 Å². The van der Waals surface area contributed by atoms with Crippen LogP contribution in [0.15, 0.2) is 78.9 Å². The van der Waals surface area contributed by atoms with Gasteiger partial charge in [-0.3, -0.25) is 9.88 Å². The van der Waals surface area contributed by atoms with Gasteiger partial charge in [0.2, 0.25) is 0 Å². The summed E-state index contributed by atoms with van der Waals surface area (Å²) < 4.78 is 20.3. The Morgan fingerprint density at radius 3 is 2.77 bits per heavy atom. The third-order valence-corrected chi connectivity index (χ3v) is 7.16. The molecule has 6 nitrogen and oxygen atoms in total. The molecule has 0 spiro atoms. The van der Waals surface area contributed by atoms with Crippen molar-refractivity contribution in [2.45, 2.75) is 51.8 Å². The molecule has 1 amide bonds. The molecule has 0 saturated carbocycles. The highest BCUT2D eigenvalue weighted by Gasteiger charge is 2.32. The highest BCUT2D eigenvalue weighted by Crippen LogP contribution is 2.27. The Labute approximate surface area is 231 Å². The Kier molecular flexibility index (Phi) is 10.2. The van der Waals surface area contributed by atoms with E-state index in [0.717, 1.165) is 30.5 Å². The van der Waals surface area contributed by atoms with Crippen LogP contribution in [0, 0.1) is 0 Å². The van der Waals surface area contributed by atoms with Gasteiger partial charge in [0.15, 0.2) is 0 Å². The number of pyridine rings is 1. The number of nitrogens with zero attached hydrogens (tertiary/aromatic N) is 2. The minimum absolute atomic E-state index is 0.111. The molecule has 2 heterocycles. The summed E-state index contributed by atoms with van der Waals surface area (Å²) in [5, 5.41) is 8.94. The van der Waals surface area contributed by atoms with Crippen LogP contribution in [0.1, 0.15) is 43.4 Å². The van der Waals surface area contributed by atoms with Crippen LogP contribution in [0.2, 0.25) is 0 Å². The number of halogens is 1. The van der Waals surface area contributed by atoms with Crippen molar-refractivity contribution in [3.63, 3.8) is 0 Å². The maximum absolute atomic E-state index is 14.9. The summed E-state index contributed by atoms with van der Waals surface area (Å²) in [6, 6.07) is 16.3. The normalized spacial score (nSPS) is 17.1. The van der Waals surface area contributed by atoms with Crippen molar-refractivity contribution in [3.8, 4) is 0 Å². The molecule has 206 valence electrons. The number of benzene rings is 2. The van der Waals surface area contributed by atoms with E-state index < -0.39 is 0 Å². The maximum atomic E-state index is 14.9. The number of hydrogen-bond donors (Lipinski definition) is 2. The largest absolute Gasteiger partial charge is 0.443 e. The number of fused-ring (bicyclic) bond motifs is 1. The number of cyclic esters (lactones) is 1. The lowest BCUT2D eigenvalue weighted by atomic mass is 9.98. The van der Waals surface area contributed by atoms with Gasteiger partial charge in [-0.25, -0.2) is 9.18 Å². The molecular formula is C32H39FN4O2. The molecule has 3 aromatic rings. The predicted molar refractivity (Wildman–Crippen MR) is 156 cm³/mol. The zero-order chi connectivity index (χ0) is 27.6. The Morgan fingerprint density at radius 1 is 1.21 bits per heavy atom. The number of likely N-dealkylation sites (N-methyl/N-ethyl adjacent to an activating group) is 1. The van der Waals surface area contributed by atoms with Gasteiger partial charge in [-0.2, -0.15) is 0 Å². The van der Waals surface area contributed by atoms with Crippen LogP contribution in [0.4, 0.5) is 9.18 Å². The lowest BCUT2D eigenvalue weighted by Gasteiger charge is -2.18. The summed E-state index contributed by atoms with van der Waals surface area (Å²) in [6.45, 7) is 6.56. The smallest absolute Gasteiger partial charge is 0.410 e. The monoisotopic (exact) mass is 530 g/mol.